The summed E-state index contributed by atoms with van der Waals surface area (Å²) in [4.78, 5) is 24.4. The molecule has 2 aromatic rings. The van der Waals surface area contributed by atoms with Crippen LogP contribution >= 0.6 is 11.6 Å². The summed E-state index contributed by atoms with van der Waals surface area (Å²) in [5.41, 5.74) is 0.261. The van der Waals surface area contributed by atoms with Crippen LogP contribution < -0.4 is 10.1 Å². The predicted molar refractivity (Wildman–Crippen MR) is 101 cm³/mol. The Kier molecular flexibility index (Phi) is 6.45. The summed E-state index contributed by atoms with van der Waals surface area (Å²) in [6.07, 6.45) is -0.172. The smallest absolute Gasteiger partial charge is 0.340 e. The fourth-order valence-electron chi connectivity index (χ4n) is 2.22. The topological polar surface area (TPSA) is 98.8 Å². The Balaban J connectivity index is 2.11. The van der Waals surface area contributed by atoms with Crippen molar-refractivity contribution in [2.45, 2.75) is 17.9 Å². The highest BCUT2D eigenvalue weighted by Gasteiger charge is 2.24. The molecule has 0 saturated heterocycles. The summed E-state index contributed by atoms with van der Waals surface area (Å²) >= 11 is 6.00. The number of hydrogen-bond donors (Lipinski definition) is 1. The molecule has 1 amide bonds. The van der Waals surface area contributed by atoms with Gasteiger partial charge in [-0.3, -0.25) is 4.79 Å². The third-order valence-corrected chi connectivity index (χ3v) is 5.03. The molecule has 7 nitrogen and oxygen atoms in total. The SMILES string of the molecule is COc1ccc(NC(=O)[C@@H](C)OC(=O)c2ccccc2S(C)(=O)=O)cc1Cl. The molecule has 144 valence electrons. The first-order chi connectivity index (χ1) is 12.6. The van der Waals surface area contributed by atoms with Crippen molar-refractivity contribution in [1.82, 2.24) is 0 Å². The van der Waals surface area contributed by atoms with E-state index in [9.17, 15) is 18.0 Å². The second kappa shape index (κ2) is 8.41. The molecule has 0 heterocycles. The number of nitrogens with one attached hydrogen (secondary N) is 1. The van der Waals surface area contributed by atoms with Crippen LogP contribution in [-0.4, -0.2) is 39.8 Å². The van der Waals surface area contributed by atoms with Crippen LogP contribution in [0, 0.1) is 0 Å². The first-order valence-corrected chi connectivity index (χ1v) is 10.0. The average molecular weight is 412 g/mol. The summed E-state index contributed by atoms with van der Waals surface area (Å²) in [5, 5.41) is 2.87. The van der Waals surface area contributed by atoms with Crippen molar-refractivity contribution in [3.63, 3.8) is 0 Å². The van der Waals surface area contributed by atoms with E-state index in [2.05, 4.69) is 5.32 Å². The van der Waals surface area contributed by atoms with E-state index in [1.807, 2.05) is 0 Å². The molecular weight excluding hydrogens is 394 g/mol. The van der Waals surface area contributed by atoms with Crippen LogP contribution in [0.4, 0.5) is 5.69 Å². The molecule has 0 aliphatic heterocycles. The number of ether oxygens (including phenoxy) is 2. The third kappa shape index (κ3) is 5.21. The van der Waals surface area contributed by atoms with Crippen molar-refractivity contribution in [2.75, 3.05) is 18.7 Å². The Hall–Kier alpha value is -2.58. The summed E-state index contributed by atoms with van der Waals surface area (Å²) in [6, 6.07) is 10.3. The largest absolute Gasteiger partial charge is 0.495 e. The zero-order chi connectivity index (χ0) is 20.2. The number of anilines is 1. The molecule has 0 aliphatic rings. The number of sulfone groups is 1. The number of halogens is 1. The highest BCUT2D eigenvalue weighted by atomic mass is 35.5. The van der Waals surface area contributed by atoms with Crippen molar-refractivity contribution < 1.29 is 27.5 Å². The standard InChI is InChI=1S/C18H18ClNO6S/c1-11(17(21)20-12-8-9-15(25-2)14(19)10-12)26-18(22)13-6-4-5-7-16(13)27(3,23)24/h4-11H,1-3H3,(H,20,21)/t11-/m1/s1. The lowest BCUT2D eigenvalue weighted by atomic mass is 10.2. The maximum Gasteiger partial charge on any atom is 0.340 e. The van der Waals surface area contributed by atoms with Crippen LogP contribution in [-0.2, 0) is 19.4 Å². The van der Waals surface area contributed by atoms with Crippen LogP contribution in [0.15, 0.2) is 47.4 Å². The Labute approximate surface area is 162 Å². The van der Waals surface area contributed by atoms with E-state index in [-0.39, 0.29) is 10.5 Å². The lowest BCUT2D eigenvalue weighted by molar-refractivity contribution is -0.123. The zero-order valence-corrected chi connectivity index (χ0v) is 16.4. The van der Waals surface area contributed by atoms with E-state index in [0.29, 0.717) is 16.5 Å². The van der Waals surface area contributed by atoms with Gasteiger partial charge in [0, 0.05) is 11.9 Å². The van der Waals surface area contributed by atoms with Crippen LogP contribution in [0.3, 0.4) is 0 Å². The molecule has 27 heavy (non-hydrogen) atoms. The monoisotopic (exact) mass is 411 g/mol. The van der Waals surface area contributed by atoms with Crippen molar-refractivity contribution in [3.8, 4) is 5.75 Å². The molecule has 0 radical (unpaired) electrons. The van der Waals surface area contributed by atoms with Gasteiger partial charge in [-0.1, -0.05) is 23.7 Å². The van der Waals surface area contributed by atoms with Gasteiger partial charge in [-0.15, -0.1) is 0 Å². The zero-order valence-electron chi connectivity index (χ0n) is 14.9. The maximum atomic E-state index is 12.3. The van der Waals surface area contributed by atoms with E-state index in [1.54, 1.807) is 12.1 Å². The number of carbonyl (C=O) groups is 2. The van der Waals surface area contributed by atoms with Crippen LogP contribution in [0.25, 0.3) is 0 Å². The Morgan fingerprint density at radius 2 is 1.81 bits per heavy atom. The normalized spacial score (nSPS) is 12.1. The van der Waals surface area contributed by atoms with Crippen molar-refractivity contribution in [3.05, 3.63) is 53.1 Å². The highest BCUT2D eigenvalue weighted by Crippen LogP contribution is 2.27. The van der Waals surface area contributed by atoms with E-state index in [0.717, 1.165) is 6.26 Å². The average Bonchev–Trinajstić information content (AvgIpc) is 2.61. The summed E-state index contributed by atoms with van der Waals surface area (Å²) in [7, 11) is -2.15. The Bertz CT molecular complexity index is 974. The van der Waals surface area contributed by atoms with Crippen LogP contribution in [0.5, 0.6) is 5.75 Å². The van der Waals surface area contributed by atoms with E-state index >= 15 is 0 Å². The summed E-state index contributed by atoms with van der Waals surface area (Å²) in [6.45, 7) is 1.38. The molecule has 2 rings (SSSR count). The number of rotatable bonds is 6. The molecule has 0 aromatic heterocycles. The molecule has 0 bridgehead atoms. The second-order valence-electron chi connectivity index (χ2n) is 5.65. The molecule has 0 unspecified atom stereocenters. The minimum Gasteiger partial charge on any atom is -0.495 e. The van der Waals surface area contributed by atoms with Crippen LogP contribution in [0.2, 0.25) is 5.02 Å². The van der Waals surface area contributed by atoms with Gasteiger partial charge >= 0.3 is 5.97 Å². The van der Waals surface area contributed by atoms with Gasteiger partial charge in [0.05, 0.1) is 22.6 Å². The number of hydrogen-bond acceptors (Lipinski definition) is 6. The molecule has 0 aliphatic carbocycles. The van der Waals surface area contributed by atoms with Gasteiger partial charge in [-0.05, 0) is 37.3 Å². The third-order valence-electron chi connectivity index (χ3n) is 3.58. The summed E-state index contributed by atoms with van der Waals surface area (Å²) in [5.74, 6) is -1.06. The first-order valence-electron chi connectivity index (χ1n) is 7.78. The number of amides is 1. The Morgan fingerprint density at radius 1 is 1.15 bits per heavy atom. The molecule has 2 aromatic carbocycles. The van der Waals surface area contributed by atoms with Crippen molar-refractivity contribution in [1.29, 1.82) is 0 Å². The molecule has 1 atom stereocenters. The van der Waals surface area contributed by atoms with Gasteiger partial charge in [0.1, 0.15) is 5.75 Å². The van der Waals surface area contributed by atoms with E-state index < -0.39 is 27.8 Å². The second-order valence-corrected chi connectivity index (χ2v) is 8.05. The predicted octanol–water partition coefficient (Wildman–Crippen LogP) is 2.94. The lowest BCUT2D eigenvalue weighted by Gasteiger charge is -2.15. The fourth-order valence-corrected chi connectivity index (χ4v) is 3.36. The van der Waals surface area contributed by atoms with Gasteiger partial charge in [0.15, 0.2) is 15.9 Å². The highest BCUT2D eigenvalue weighted by molar-refractivity contribution is 7.90. The van der Waals surface area contributed by atoms with Gasteiger partial charge in [0.2, 0.25) is 0 Å². The molecule has 1 N–H and O–H groups in total. The number of esters is 1. The molecule has 0 fully saturated rings. The molecular formula is C18H18ClNO6S. The van der Waals surface area contributed by atoms with E-state index in [1.165, 1.54) is 44.4 Å². The quantitative estimate of drug-likeness (QED) is 0.734. The fraction of sp³-hybridized carbons (Fsp3) is 0.222. The minimum atomic E-state index is -3.62. The van der Waals surface area contributed by atoms with Crippen LogP contribution in [0.1, 0.15) is 17.3 Å². The number of benzene rings is 2. The molecule has 0 spiro atoms. The number of carbonyl (C=O) groups excluding carboxylic acids is 2. The minimum absolute atomic E-state index is 0.132. The van der Waals surface area contributed by atoms with Gasteiger partial charge in [0.25, 0.3) is 5.91 Å². The molecule has 0 saturated carbocycles. The van der Waals surface area contributed by atoms with Gasteiger partial charge in [-0.25, -0.2) is 13.2 Å². The van der Waals surface area contributed by atoms with Gasteiger partial charge in [-0.2, -0.15) is 0 Å². The maximum absolute atomic E-state index is 12.3. The molecule has 9 heteroatoms. The Morgan fingerprint density at radius 3 is 2.41 bits per heavy atom. The first kappa shape index (κ1) is 20.7. The lowest BCUT2D eigenvalue weighted by Crippen LogP contribution is -2.30. The number of methoxy groups -OCH3 is 1. The van der Waals surface area contributed by atoms with Crippen molar-refractivity contribution >= 4 is 39.0 Å². The van der Waals surface area contributed by atoms with E-state index in [4.69, 9.17) is 21.1 Å². The summed E-state index contributed by atoms with van der Waals surface area (Å²) < 4.78 is 33.7. The van der Waals surface area contributed by atoms with Gasteiger partial charge < -0.3 is 14.8 Å². The van der Waals surface area contributed by atoms with Crippen molar-refractivity contribution in [2.24, 2.45) is 0 Å².